The maximum absolute atomic E-state index is 12.2. The van der Waals surface area contributed by atoms with Crippen LogP contribution in [-0.4, -0.2) is 29.0 Å². The molecule has 1 saturated heterocycles. The molecule has 8 heteroatoms. The van der Waals surface area contributed by atoms with Crippen LogP contribution in [-0.2, 0) is 0 Å². The SMILES string of the molecule is O=C(NC(=S)Nc1ccc(N2CCCCC2)cc1)c1ccc([N+](=O)[O-])cc1. The number of anilines is 2. The van der Waals surface area contributed by atoms with Crippen LogP contribution in [0.3, 0.4) is 0 Å². The number of carbonyl (C=O) groups excluding carboxylic acids is 1. The Morgan fingerprint density at radius 1 is 1.00 bits per heavy atom. The molecule has 0 bridgehead atoms. The van der Waals surface area contributed by atoms with Crippen molar-refractivity contribution < 1.29 is 9.72 Å². The van der Waals surface area contributed by atoms with Crippen LogP contribution in [0.5, 0.6) is 0 Å². The summed E-state index contributed by atoms with van der Waals surface area (Å²) in [5.74, 6) is -0.424. The fourth-order valence-corrected chi connectivity index (χ4v) is 3.19. The maximum atomic E-state index is 12.2. The van der Waals surface area contributed by atoms with Crippen LogP contribution in [0.4, 0.5) is 17.1 Å². The lowest BCUT2D eigenvalue weighted by Crippen LogP contribution is -2.34. The highest BCUT2D eigenvalue weighted by Crippen LogP contribution is 2.21. The zero-order chi connectivity index (χ0) is 19.2. The third-order valence-electron chi connectivity index (χ3n) is 4.41. The summed E-state index contributed by atoms with van der Waals surface area (Å²) in [6.07, 6.45) is 3.73. The number of amides is 1. The second-order valence-electron chi connectivity index (χ2n) is 6.31. The molecule has 1 aliphatic heterocycles. The average Bonchev–Trinajstić information content (AvgIpc) is 2.69. The van der Waals surface area contributed by atoms with E-state index in [0.29, 0.717) is 5.56 Å². The number of piperidine rings is 1. The smallest absolute Gasteiger partial charge is 0.269 e. The fraction of sp³-hybridized carbons (Fsp3) is 0.263. The molecule has 0 spiro atoms. The average molecular weight is 384 g/mol. The number of hydrogen-bond acceptors (Lipinski definition) is 5. The standard InChI is InChI=1S/C19H20N4O3S/c24-18(14-4-8-17(9-5-14)23(25)26)21-19(27)20-15-6-10-16(11-7-15)22-12-2-1-3-13-22/h4-11H,1-3,12-13H2,(H2,20,21,24,27). The number of hydrogen-bond donors (Lipinski definition) is 2. The van der Waals surface area contributed by atoms with Crippen molar-refractivity contribution in [3.63, 3.8) is 0 Å². The van der Waals surface area contributed by atoms with Gasteiger partial charge in [-0.05, 0) is 67.9 Å². The Bertz CT molecular complexity index is 831. The van der Waals surface area contributed by atoms with Gasteiger partial charge in [-0.1, -0.05) is 0 Å². The van der Waals surface area contributed by atoms with Crippen LogP contribution < -0.4 is 15.5 Å². The van der Waals surface area contributed by atoms with Gasteiger partial charge in [-0.15, -0.1) is 0 Å². The van der Waals surface area contributed by atoms with Crippen molar-refractivity contribution in [3.8, 4) is 0 Å². The Labute approximate surface area is 162 Å². The lowest BCUT2D eigenvalue weighted by Gasteiger charge is -2.28. The minimum atomic E-state index is -0.512. The number of non-ortho nitro benzene ring substituents is 1. The summed E-state index contributed by atoms with van der Waals surface area (Å²) in [5, 5.41) is 16.4. The second-order valence-corrected chi connectivity index (χ2v) is 6.72. The van der Waals surface area contributed by atoms with Crippen molar-refractivity contribution in [1.82, 2.24) is 5.32 Å². The van der Waals surface area contributed by atoms with Gasteiger partial charge in [0.25, 0.3) is 11.6 Å². The summed E-state index contributed by atoms with van der Waals surface area (Å²) >= 11 is 5.18. The van der Waals surface area contributed by atoms with E-state index >= 15 is 0 Å². The Hall–Kier alpha value is -3.00. The van der Waals surface area contributed by atoms with Crippen molar-refractivity contribution in [1.29, 1.82) is 0 Å². The van der Waals surface area contributed by atoms with E-state index in [9.17, 15) is 14.9 Å². The molecule has 2 N–H and O–H groups in total. The highest BCUT2D eigenvalue weighted by Gasteiger charge is 2.12. The topological polar surface area (TPSA) is 87.5 Å². The van der Waals surface area contributed by atoms with Crippen molar-refractivity contribution in [2.75, 3.05) is 23.3 Å². The van der Waals surface area contributed by atoms with E-state index in [0.717, 1.165) is 18.8 Å². The van der Waals surface area contributed by atoms with Crippen molar-refractivity contribution in [3.05, 3.63) is 64.2 Å². The minimum Gasteiger partial charge on any atom is -0.372 e. The van der Waals surface area contributed by atoms with Crippen LogP contribution in [0.25, 0.3) is 0 Å². The number of carbonyl (C=O) groups is 1. The van der Waals surface area contributed by atoms with Gasteiger partial charge in [-0.25, -0.2) is 0 Å². The number of benzene rings is 2. The molecule has 140 valence electrons. The minimum absolute atomic E-state index is 0.0685. The Morgan fingerprint density at radius 3 is 2.22 bits per heavy atom. The Kier molecular flexibility index (Phi) is 5.97. The van der Waals surface area contributed by atoms with Crippen LogP contribution in [0.1, 0.15) is 29.6 Å². The van der Waals surface area contributed by atoms with E-state index in [-0.39, 0.29) is 10.8 Å². The quantitative estimate of drug-likeness (QED) is 0.475. The Balaban J connectivity index is 1.55. The predicted octanol–water partition coefficient (Wildman–Crippen LogP) is 3.71. The molecule has 0 unspecified atom stereocenters. The molecule has 0 atom stereocenters. The van der Waals surface area contributed by atoms with Crippen LogP contribution in [0.2, 0.25) is 0 Å². The first-order valence-corrected chi connectivity index (χ1v) is 9.15. The summed E-state index contributed by atoms with van der Waals surface area (Å²) in [7, 11) is 0. The Morgan fingerprint density at radius 2 is 1.63 bits per heavy atom. The van der Waals surface area contributed by atoms with E-state index in [4.69, 9.17) is 12.2 Å². The van der Waals surface area contributed by atoms with Crippen molar-refractivity contribution in [2.24, 2.45) is 0 Å². The highest BCUT2D eigenvalue weighted by molar-refractivity contribution is 7.80. The van der Waals surface area contributed by atoms with Gasteiger partial charge in [-0.2, -0.15) is 0 Å². The van der Waals surface area contributed by atoms with E-state index in [1.807, 2.05) is 24.3 Å². The van der Waals surface area contributed by atoms with Gasteiger partial charge in [-0.3, -0.25) is 20.2 Å². The number of rotatable bonds is 4. The first-order valence-electron chi connectivity index (χ1n) is 8.75. The van der Waals surface area contributed by atoms with Gasteiger partial charge in [0.05, 0.1) is 4.92 Å². The number of nitrogens with one attached hydrogen (secondary N) is 2. The van der Waals surface area contributed by atoms with E-state index in [2.05, 4.69) is 15.5 Å². The molecular weight excluding hydrogens is 364 g/mol. The van der Waals surface area contributed by atoms with Crippen molar-refractivity contribution in [2.45, 2.75) is 19.3 Å². The first kappa shape index (κ1) is 18.8. The maximum Gasteiger partial charge on any atom is 0.269 e. The molecule has 2 aromatic carbocycles. The summed E-state index contributed by atoms with van der Waals surface area (Å²) in [6.45, 7) is 2.16. The lowest BCUT2D eigenvalue weighted by molar-refractivity contribution is -0.384. The first-order chi connectivity index (χ1) is 13.0. The number of nitrogens with zero attached hydrogens (tertiary/aromatic N) is 2. The zero-order valence-corrected chi connectivity index (χ0v) is 15.5. The van der Waals surface area contributed by atoms with Gasteiger partial charge in [0.1, 0.15) is 0 Å². The summed E-state index contributed by atoms with van der Waals surface area (Å²) in [4.78, 5) is 24.7. The fourth-order valence-electron chi connectivity index (χ4n) is 2.98. The van der Waals surface area contributed by atoms with Crippen LogP contribution in [0.15, 0.2) is 48.5 Å². The number of nitro groups is 1. The largest absolute Gasteiger partial charge is 0.372 e. The van der Waals surface area contributed by atoms with Gasteiger partial charge < -0.3 is 10.2 Å². The molecule has 1 amide bonds. The van der Waals surface area contributed by atoms with Crippen molar-refractivity contribution >= 4 is 40.3 Å². The third kappa shape index (κ3) is 5.01. The highest BCUT2D eigenvalue weighted by atomic mass is 32.1. The molecule has 1 heterocycles. The normalized spacial score (nSPS) is 13.7. The molecule has 3 rings (SSSR count). The molecule has 2 aromatic rings. The van der Waals surface area contributed by atoms with Gasteiger partial charge in [0, 0.05) is 42.2 Å². The summed E-state index contributed by atoms with van der Waals surface area (Å²) in [6, 6.07) is 13.3. The molecule has 27 heavy (non-hydrogen) atoms. The van der Waals surface area contributed by atoms with Gasteiger partial charge in [0.2, 0.25) is 0 Å². The van der Waals surface area contributed by atoms with Gasteiger partial charge >= 0.3 is 0 Å². The van der Waals surface area contributed by atoms with E-state index in [1.54, 1.807) is 0 Å². The molecular formula is C19H20N4O3S. The van der Waals surface area contributed by atoms with E-state index < -0.39 is 10.8 Å². The molecule has 7 nitrogen and oxygen atoms in total. The molecule has 1 aliphatic rings. The number of thiocarbonyl (C=S) groups is 1. The van der Waals surface area contributed by atoms with Gasteiger partial charge in [0.15, 0.2) is 5.11 Å². The zero-order valence-electron chi connectivity index (χ0n) is 14.7. The molecule has 0 aromatic heterocycles. The molecule has 0 aliphatic carbocycles. The summed E-state index contributed by atoms with van der Waals surface area (Å²) < 4.78 is 0. The summed E-state index contributed by atoms with van der Waals surface area (Å²) in [5.41, 5.74) is 2.19. The van der Waals surface area contributed by atoms with E-state index in [1.165, 1.54) is 49.2 Å². The second kappa shape index (κ2) is 8.59. The van der Waals surface area contributed by atoms with Crippen LogP contribution >= 0.6 is 12.2 Å². The number of nitro benzene ring substituents is 1. The third-order valence-corrected chi connectivity index (χ3v) is 4.62. The van der Waals surface area contributed by atoms with Crippen LogP contribution in [0, 0.1) is 10.1 Å². The lowest BCUT2D eigenvalue weighted by atomic mass is 10.1. The molecule has 1 fully saturated rings. The molecule has 0 radical (unpaired) electrons. The predicted molar refractivity (Wildman–Crippen MR) is 109 cm³/mol. The monoisotopic (exact) mass is 384 g/mol. The molecule has 0 saturated carbocycles.